The summed E-state index contributed by atoms with van der Waals surface area (Å²) >= 11 is 0. The minimum atomic E-state index is 0.255. The molecule has 0 radical (unpaired) electrons. The van der Waals surface area contributed by atoms with E-state index in [-0.39, 0.29) is 6.04 Å². The molecule has 0 aliphatic heterocycles. The zero-order chi connectivity index (χ0) is 5.86. The second-order valence-electron chi connectivity index (χ2n) is 1.94. The minimum Gasteiger partial charge on any atom is -0.327 e. The maximum absolute atomic E-state index is 5.48. The van der Waals surface area contributed by atoms with E-state index < -0.39 is 0 Å². The summed E-state index contributed by atoms with van der Waals surface area (Å²) in [5.74, 6) is 0. The molecule has 0 spiro atoms. The fraction of sp³-hybridized carbons (Fsp3) is 1.00. The standard InChI is InChI=1S/C5H14N2/c1-4(6)5(2)7-3/h4-5,7H,6H2,1-3H3/t4-,5?/m1/s1. The molecule has 1 unspecified atom stereocenters. The molecule has 0 amide bonds. The molecule has 0 aromatic carbocycles. The van der Waals surface area contributed by atoms with E-state index in [9.17, 15) is 0 Å². The van der Waals surface area contributed by atoms with Crippen molar-refractivity contribution in [1.29, 1.82) is 0 Å². The van der Waals surface area contributed by atoms with Crippen molar-refractivity contribution in [2.75, 3.05) is 7.05 Å². The summed E-state index contributed by atoms with van der Waals surface area (Å²) in [5.41, 5.74) is 5.48. The summed E-state index contributed by atoms with van der Waals surface area (Å²) in [4.78, 5) is 0. The van der Waals surface area contributed by atoms with Crippen molar-refractivity contribution in [1.82, 2.24) is 5.32 Å². The van der Waals surface area contributed by atoms with Gasteiger partial charge in [-0.1, -0.05) is 0 Å². The van der Waals surface area contributed by atoms with E-state index in [0.29, 0.717) is 6.04 Å². The summed E-state index contributed by atoms with van der Waals surface area (Å²) in [6, 6.07) is 0.685. The maximum atomic E-state index is 5.48. The first-order valence-corrected chi connectivity index (χ1v) is 2.61. The van der Waals surface area contributed by atoms with Gasteiger partial charge in [0.25, 0.3) is 0 Å². The molecule has 0 heterocycles. The summed E-state index contributed by atoms with van der Waals surface area (Å²) in [6.45, 7) is 4.05. The first kappa shape index (κ1) is 6.92. The van der Waals surface area contributed by atoms with Crippen molar-refractivity contribution < 1.29 is 0 Å². The van der Waals surface area contributed by atoms with Gasteiger partial charge in [0, 0.05) is 12.1 Å². The number of nitrogens with one attached hydrogen (secondary N) is 1. The van der Waals surface area contributed by atoms with Gasteiger partial charge in [-0.15, -0.1) is 0 Å². The first-order chi connectivity index (χ1) is 3.18. The quantitative estimate of drug-likeness (QED) is 0.512. The van der Waals surface area contributed by atoms with Crippen LogP contribution >= 0.6 is 0 Å². The molecular formula is C5H14N2. The van der Waals surface area contributed by atoms with Gasteiger partial charge in [0.1, 0.15) is 0 Å². The maximum Gasteiger partial charge on any atom is 0.0185 e. The molecule has 0 fully saturated rings. The lowest BCUT2D eigenvalue weighted by Gasteiger charge is -2.12. The van der Waals surface area contributed by atoms with E-state index in [1.54, 1.807) is 0 Å². The van der Waals surface area contributed by atoms with Crippen LogP contribution in [0.4, 0.5) is 0 Å². The number of likely N-dealkylation sites (N-methyl/N-ethyl adjacent to an activating group) is 1. The van der Waals surface area contributed by atoms with Gasteiger partial charge in [0.05, 0.1) is 0 Å². The Labute approximate surface area is 45.1 Å². The zero-order valence-electron chi connectivity index (χ0n) is 5.23. The molecule has 0 aromatic heterocycles. The van der Waals surface area contributed by atoms with Gasteiger partial charge >= 0.3 is 0 Å². The third-order valence-corrected chi connectivity index (χ3v) is 1.24. The highest BCUT2D eigenvalue weighted by molar-refractivity contribution is 4.66. The van der Waals surface area contributed by atoms with E-state index >= 15 is 0 Å². The van der Waals surface area contributed by atoms with Crippen LogP contribution < -0.4 is 11.1 Å². The predicted molar refractivity (Wildman–Crippen MR) is 32.2 cm³/mol. The van der Waals surface area contributed by atoms with Gasteiger partial charge in [-0.3, -0.25) is 0 Å². The average Bonchev–Trinajstić information content (AvgIpc) is 1.65. The van der Waals surface area contributed by atoms with Gasteiger partial charge in [-0.25, -0.2) is 0 Å². The molecule has 2 nitrogen and oxygen atoms in total. The molecule has 0 bridgehead atoms. The van der Waals surface area contributed by atoms with Gasteiger partial charge in [-0.2, -0.15) is 0 Å². The summed E-state index contributed by atoms with van der Waals surface area (Å²) in [6.07, 6.45) is 0. The molecule has 7 heavy (non-hydrogen) atoms. The van der Waals surface area contributed by atoms with E-state index in [2.05, 4.69) is 12.2 Å². The Morgan fingerprint density at radius 3 is 1.86 bits per heavy atom. The molecule has 0 saturated heterocycles. The molecular weight excluding hydrogens is 88.1 g/mol. The third-order valence-electron chi connectivity index (χ3n) is 1.24. The van der Waals surface area contributed by atoms with Crippen LogP contribution in [0.1, 0.15) is 13.8 Å². The van der Waals surface area contributed by atoms with Crippen molar-refractivity contribution in [2.45, 2.75) is 25.9 Å². The van der Waals surface area contributed by atoms with Crippen LogP contribution in [0.3, 0.4) is 0 Å². The Hall–Kier alpha value is -0.0800. The Morgan fingerprint density at radius 2 is 1.86 bits per heavy atom. The van der Waals surface area contributed by atoms with Crippen LogP contribution in [-0.4, -0.2) is 19.1 Å². The van der Waals surface area contributed by atoms with Crippen LogP contribution in [0.15, 0.2) is 0 Å². The van der Waals surface area contributed by atoms with Crippen LogP contribution in [0.25, 0.3) is 0 Å². The summed E-state index contributed by atoms with van der Waals surface area (Å²) in [5, 5.41) is 3.04. The van der Waals surface area contributed by atoms with Gasteiger partial charge in [0.15, 0.2) is 0 Å². The Kier molecular flexibility index (Phi) is 2.96. The first-order valence-electron chi connectivity index (χ1n) is 2.61. The zero-order valence-corrected chi connectivity index (χ0v) is 5.23. The molecule has 2 atom stereocenters. The molecule has 44 valence electrons. The average molecular weight is 102 g/mol. The second-order valence-corrected chi connectivity index (χ2v) is 1.94. The summed E-state index contributed by atoms with van der Waals surface area (Å²) in [7, 11) is 1.91. The lowest BCUT2D eigenvalue weighted by atomic mass is 10.2. The van der Waals surface area contributed by atoms with Gasteiger partial charge in [-0.05, 0) is 20.9 Å². The number of rotatable bonds is 2. The van der Waals surface area contributed by atoms with E-state index in [1.165, 1.54) is 0 Å². The second kappa shape index (κ2) is 2.99. The van der Waals surface area contributed by atoms with Crippen LogP contribution in [0.5, 0.6) is 0 Å². The molecule has 0 aliphatic rings. The highest BCUT2D eigenvalue weighted by Gasteiger charge is 2.00. The van der Waals surface area contributed by atoms with Gasteiger partial charge in [0.2, 0.25) is 0 Å². The SMILES string of the molecule is CNC(C)[C@@H](C)N. The summed E-state index contributed by atoms with van der Waals surface area (Å²) < 4.78 is 0. The topological polar surface area (TPSA) is 38.0 Å². The number of hydrogen-bond donors (Lipinski definition) is 2. The fourth-order valence-electron chi connectivity index (χ4n) is 0.263. The smallest absolute Gasteiger partial charge is 0.0185 e. The number of nitrogens with two attached hydrogens (primary N) is 1. The Morgan fingerprint density at radius 1 is 1.43 bits per heavy atom. The highest BCUT2D eigenvalue weighted by Crippen LogP contribution is 1.82. The Bertz CT molecular complexity index is 43.3. The lowest BCUT2D eigenvalue weighted by molar-refractivity contribution is 0.519. The van der Waals surface area contributed by atoms with Crippen LogP contribution in [0, 0.1) is 0 Å². The highest BCUT2D eigenvalue weighted by atomic mass is 14.9. The third kappa shape index (κ3) is 2.60. The van der Waals surface area contributed by atoms with Crippen molar-refractivity contribution >= 4 is 0 Å². The fourth-order valence-corrected chi connectivity index (χ4v) is 0.263. The van der Waals surface area contributed by atoms with E-state index in [0.717, 1.165) is 0 Å². The minimum absolute atomic E-state index is 0.255. The van der Waals surface area contributed by atoms with Crippen molar-refractivity contribution in [3.8, 4) is 0 Å². The molecule has 0 saturated carbocycles. The number of hydrogen-bond acceptors (Lipinski definition) is 2. The normalized spacial score (nSPS) is 18.9. The molecule has 0 rings (SSSR count). The van der Waals surface area contributed by atoms with Crippen LogP contribution in [-0.2, 0) is 0 Å². The van der Waals surface area contributed by atoms with Crippen molar-refractivity contribution in [3.05, 3.63) is 0 Å². The van der Waals surface area contributed by atoms with Crippen LogP contribution in [0.2, 0.25) is 0 Å². The Balaban J connectivity index is 3.14. The predicted octanol–water partition coefficient (Wildman–Crippen LogP) is -0.0585. The molecule has 2 heteroatoms. The molecule has 3 N–H and O–H groups in total. The molecule has 0 aliphatic carbocycles. The lowest BCUT2D eigenvalue weighted by Crippen LogP contribution is -2.38. The van der Waals surface area contributed by atoms with E-state index in [4.69, 9.17) is 5.73 Å². The largest absolute Gasteiger partial charge is 0.327 e. The van der Waals surface area contributed by atoms with Crippen molar-refractivity contribution in [3.63, 3.8) is 0 Å². The van der Waals surface area contributed by atoms with Gasteiger partial charge < -0.3 is 11.1 Å². The van der Waals surface area contributed by atoms with E-state index in [1.807, 2.05) is 14.0 Å². The monoisotopic (exact) mass is 102 g/mol. The molecule has 0 aromatic rings. The van der Waals surface area contributed by atoms with Crippen molar-refractivity contribution in [2.24, 2.45) is 5.73 Å².